The van der Waals surface area contributed by atoms with E-state index < -0.39 is 38.0 Å². The topological polar surface area (TPSA) is 183 Å². The van der Waals surface area contributed by atoms with Crippen LogP contribution in [0.25, 0.3) is 10.8 Å². The van der Waals surface area contributed by atoms with E-state index in [-0.39, 0.29) is 41.8 Å². The summed E-state index contributed by atoms with van der Waals surface area (Å²) in [7, 11) is -8.03. The molecule has 13 heteroatoms. The second kappa shape index (κ2) is 16.9. The highest BCUT2D eigenvalue weighted by atomic mass is 32.2. The average molecular weight is 706 g/mol. The molecular formula is C36H43N5O6S2. The lowest BCUT2D eigenvalue weighted by Gasteiger charge is -2.31. The molecule has 4 aromatic carbocycles. The van der Waals surface area contributed by atoms with Gasteiger partial charge in [0.1, 0.15) is 6.04 Å². The average Bonchev–Trinajstić information content (AvgIpc) is 3.08. The molecule has 2 atom stereocenters. The molecule has 0 spiro atoms. The number of rotatable bonds is 17. The van der Waals surface area contributed by atoms with E-state index in [1.807, 2.05) is 62.4 Å². The molecule has 0 bridgehead atoms. The van der Waals surface area contributed by atoms with Gasteiger partial charge in [-0.05, 0) is 90.0 Å². The van der Waals surface area contributed by atoms with Crippen LogP contribution in [0.4, 0.5) is 5.69 Å². The van der Waals surface area contributed by atoms with Crippen LogP contribution in [-0.2, 0) is 31.3 Å². The minimum Gasteiger partial charge on any atom is -0.399 e. The molecule has 49 heavy (non-hydrogen) atoms. The van der Waals surface area contributed by atoms with Crippen molar-refractivity contribution in [3.63, 3.8) is 0 Å². The molecule has 4 rings (SSSR count). The van der Waals surface area contributed by atoms with E-state index >= 15 is 0 Å². The highest BCUT2D eigenvalue weighted by molar-refractivity contribution is 7.89. The largest absolute Gasteiger partial charge is 0.399 e. The number of nitrogens with one attached hydrogen (secondary N) is 2. The number of aliphatic hydroxyl groups excluding tert-OH is 1. The number of carbonyl (C=O) groups is 1. The van der Waals surface area contributed by atoms with E-state index in [1.54, 1.807) is 0 Å². The first kappa shape index (κ1) is 37.5. The van der Waals surface area contributed by atoms with E-state index in [0.29, 0.717) is 30.5 Å². The Hall–Kier alpha value is -4.32. The molecule has 0 fully saturated rings. The Balaban J connectivity index is 1.43. The third-order valence-corrected chi connectivity index (χ3v) is 11.5. The molecule has 260 valence electrons. The number of fused-ring (bicyclic) bond motifs is 1. The molecular weight excluding hydrogens is 663 g/mol. The van der Waals surface area contributed by atoms with Crippen molar-refractivity contribution in [2.75, 3.05) is 25.4 Å². The van der Waals surface area contributed by atoms with Crippen molar-refractivity contribution in [2.45, 2.75) is 61.4 Å². The number of aliphatic hydroxyl groups is 1. The van der Waals surface area contributed by atoms with Gasteiger partial charge in [-0.3, -0.25) is 4.79 Å². The monoisotopic (exact) mass is 705 g/mol. The van der Waals surface area contributed by atoms with E-state index in [9.17, 15) is 26.7 Å². The van der Waals surface area contributed by atoms with Gasteiger partial charge < -0.3 is 16.2 Å². The Kier molecular flexibility index (Phi) is 12.9. The molecule has 0 aliphatic carbocycles. The lowest BCUT2D eigenvalue weighted by atomic mass is 10.0. The number of amides is 1. The van der Waals surface area contributed by atoms with Crippen LogP contribution >= 0.6 is 0 Å². The van der Waals surface area contributed by atoms with Crippen molar-refractivity contribution in [2.24, 2.45) is 5.92 Å². The number of nitriles is 1. The first-order valence-corrected chi connectivity index (χ1v) is 19.0. The Morgan fingerprint density at radius 2 is 1.55 bits per heavy atom. The van der Waals surface area contributed by atoms with Crippen LogP contribution in [-0.4, -0.2) is 63.9 Å². The number of carbonyl (C=O) groups excluding carboxylic acids is 1. The molecule has 4 aromatic rings. The first-order chi connectivity index (χ1) is 23.3. The van der Waals surface area contributed by atoms with Crippen LogP contribution in [0.2, 0.25) is 0 Å². The Labute approximate surface area is 288 Å². The SMILES string of the molecule is CC(C)CN([C@H](CO)CCCCNC(=O)[C@H](Cc1ccc2ccccc2c1)NS(=O)(=O)c1ccc(C#N)cc1)S(=O)(=O)c1ccc(N)cc1. The molecule has 0 saturated carbocycles. The summed E-state index contributed by atoms with van der Waals surface area (Å²) in [4.78, 5) is 13.5. The maximum absolute atomic E-state index is 13.6. The molecule has 1 amide bonds. The van der Waals surface area contributed by atoms with Gasteiger partial charge in [-0.25, -0.2) is 16.8 Å². The van der Waals surface area contributed by atoms with Gasteiger partial charge in [0, 0.05) is 24.8 Å². The second-order valence-electron chi connectivity index (χ2n) is 12.4. The summed E-state index contributed by atoms with van der Waals surface area (Å²) in [6.45, 7) is 3.85. The van der Waals surface area contributed by atoms with Crippen LogP contribution in [0.15, 0.2) is 101 Å². The molecule has 0 heterocycles. The molecule has 0 aliphatic rings. The number of nitrogens with zero attached hydrogens (tertiary/aromatic N) is 2. The molecule has 11 nitrogen and oxygen atoms in total. The van der Waals surface area contributed by atoms with Crippen molar-refractivity contribution in [1.82, 2.24) is 14.3 Å². The number of sulfonamides is 2. The fourth-order valence-electron chi connectivity index (χ4n) is 5.50. The third kappa shape index (κ3) is 10.1. The van der Waals surface area contributed by atoms with Crippen molar-refractivity contribution >= 4 is 42.4 Å². The summed E-state index contributed by atoms with van der Waals surface area (Å²) in [5, 5.41) is 24.1. The van der Waals surface area contributed by atoms with Crippen LogP contribution in [0, 0.1) is 17.2 Å². The quantitative estimate of drug-likeness (QED) is 0.0932. The number of benzene rings is 4. The lowest BCUT2D eigenvalue weighted by molar-refractivity contribution is -0.122. The molecule has 0 unspecified atom stereocenters. The number of unbranched alkanes of at least 4 members (excludes halogenated alkanes) is 1. The minimum absolute atomic E-state index is 0.00416. The summed E-state index contributed by atoms with van der Waals surface area (Å²) >= 11 is 0. The zero-order chi connectivity index (χ0) is 35.6. The molecule has 0 saturated heterocycles. The standard InChI is InChI=1S/C36H43N5O6S2/c1-26(2)24-41(49(46,47)34-18-14-31(38)15-19-34)32(25-42)9-5-6-20-39-36(43)35(22-28-10-13-29-7-3-4-8-30(29)21-28)40-48(44,45)33-16-11-27(23-37)12-17-33/h3-4,7-8,10-19,21,26,32,35,40,42H,5-6,9,20,22,24-25,38H2,1-2H3,(H,39,43)/t32-,35-/m0/s1. The number of nitrogens with two attached hydrogens (primary N) is 1. The molecule has 5 N–H and O–H groups in total. The van der Waals surface area contributed by atoms with E-state index in [2.05, 4.69) is 10.0 Å². The fourth-order valence-corrected chi connectivity index (χ4v) is 8.50. The van der Waals surface area contributed by atoms with Gasteiger partial charge in [0.15, 0.2) is 0 Å². The normalized spacial score (nSPS) is 13.3. The van der Waals surface area contributed by atoms with Crippen LogP contribution in [0.3, 0.4) is 0 Å². The highest BCUT2D eigenvalue weighted by Gasteiger charge is 2.32. The first-order valence-electron chi connectivity index (χ1n) is 16.1. The van der Waals surface area contributed by atoms with E-state index in [4.69, 9.17) is 11.0 Å². The van der Waals surface area contributed by atoms with Gasteiger partial charge in [-0.15, -0.1) is 0 Å². The van der Waals surface area contributed by atoms with Crippen LogP contribution < -0.4 is 15.8 Å². The summed E-state index contributed by atoms with van der Waals surface area (Å²) < 4.78 is 57.6. The summed E-state index contributed by atoms with van der Waals surface area (Å²) in [5.74, 6) is -0.513. The summed E-state index contributed by atoms with van der Waals surface area (Å²) in [6.07, 6.45) is 1.39. The number of hydrogen-bond acceptors (Lipinski definition) is 8. The Bertz CT molecular complexity index is 1980. The van der Waals surface area contributed by atoms with Crippen LogP contribution in [0.1, 0.15) is 44.2 Å². The molecule has 0 aromatic heterocycles. The van der Waals surface area contributed by atoms with Gasteiger partial charge in [0.05, 0.1) is 28.0 Å². The minimum atomic E-state index is -4.12. The van der Waals surface area contributed by atoms with Crippen molar-refractivity contribution in [1.29, 1.82) is 5.26 Å². The van der Waals surface area contributed by atoms with E-state index in [0.717, 1.165) is 16.3 Å². The predicted octanol–water partition coefficient (Wildman–Crippen LogP) is 4.18. The van der Waals surface area contributed by atoms with Crippen molar-refractivity contribution in [3.05, 3.63) is 102 Å². The zero-order valence-corrected chi connectivity index (χ0v) is 29.3. The maximum atomic E-state index is 13.6. The molecule has 0 radical (unpaired) electrons. The number of anilines is 1. The van der Waals surface area contributed by atoms with Gasteiger partial charge in [0.2, 0.25) is 26.0 Å². The molecule has 0 aliphatic heterocycles. The fraction of sp³-hybridized carbons (Fsp3) is 0.333. The Morgan fingerprint density at radius 1 is 0.898 bits per heavy atom. The predicted molar refractivity (Wildman–Crippen MR) is 190 cm³/mol. The van der Waals surface area contributed by atoms with E-state index in [1.165, 1.54) is 52.8 Å². The van der Waals surface area contributed by atoms with Crippen molar-refractivity contribution in [3.8, 4) is 6.07 Å². The highest BCUT2D eigenvalue weighted by Crippen LogP contribution is 2.24. The third-order valence-electron chi connectivity index (χ3n) is 8.07. The summed E-state index contributed by atoms with van der Waals surface area (Å²) in [6, 6.07) is 24.9. The van der Waals surface area contributed by atoms with Crippen LogP contribution in [0.5, 0.6) is 0 Å². The smallest absolute Gasteiger partial charge is 0.243 e. The van der Waals surface area contributed by atoms with Crippen molar-refractivity contribution < 1.29 is 26.7 Å². The van der Waals surface area contributed by atoms with Gasteiger partial charge in [-0.2, -0.15) is 14.3 Å². The summed E-state index contributed by atoms with van der Waals surface area (Å²) in [5.41, 5.74) is 7.26. The van der Waals surface area contributed by atoms with Gasteiger partial charge in [-0.1, -0.05) is 62.7 Å². The zero-order valence-electron chi connectivity index (χ0n) is 27.6. The van der Waals surface area contributed by atoms with Gasteiger partial charge in [0.25, 0.3) is 0 Å². The number of hydrogen-bond donors (Lipinski definition) is 4. The van der Waals surface area contributed by atoms with Gasteiger partial charge >= 0.3 is 0 Å². The number of nitrogen functional groups attached to an aromatic ring is 1. The Morgan fingerprint density at radius 3 is 2.18 bits per heavy atom. The lowest BCUT2D eigenvalue weighted by Crippen LogP contribution is -2.48. The second-order valence-corrected chi connectivity index (χ2v) is 16.0. The maximum Gasteiger partial charge on any atom is 0.243 e.